The van der Waals surface area contributed by atoms with Gasteiger partial charge in [-0.25, -0.2) is 23.8 Å². The van der Waals surface area contributed by atoms with E-state index in [0.717, 1.165) is 13.2 Å². The van der Waals surface area contributed by atoms with E-state index in [1.807, 2.05) is 5.32 Å². The van der Waals surface area contributed by atoms with Crippen molar-refractivity contribution in [1.29, 1.82) is 0 Å². The first-order valence-electron chi connectivity index (χ1n) is 10.4. The fraction of sp³-hybridized carbons (Fsp3) is 0.632. The summed E-state index contributed by atoms with van der Waals surface area (Å²) in [4.78, 5) is 50.2. The molecule has 5 atom stereocenters. The Morgan fingerprint density at radius 3 is 2.49 bits per heavy atom. The van der Waals surface area contributed by atoms with Crippen LogP contribution in [0, 0.1) is 0 Å². The molecule has 0 spiro atoms. The highest BCUT2D eigenvalue weighted by Gasteiger charge is 2.45. The molecule has 0 bridgehead atoms. The summed E-state index contributed by atoms with van der Waals surface area (Å²) in [5, 5.41) is 32.3. The van der Waals surface area contributed by atoms with Crippen LogP contribution in [-0.4, -0.2) is 103 Å². The van der Waals surface area contributed by atoms with Gasteiger partial charge >= 0.3 is 24.1 Å². The van der Waals surface area contributed by atoms with Gasteiger partial charge in [0.1, 0.15) is 19.3 Å². The Morgan fingerprint density at radius 1 is 1.26 bits per heavy atom. The molecule has 0 saturated heterocycles. The topological polar surface area (TPSA) is 228 Å². The number of aliphatic hydroxyl groups is 2. The second kappa shape index (κ2) is 14.6. The number of nitrogens with zero attached hydrogens (tertiary/aromatic N) is 1. The number of rotatable bonds is 11. The van der Waals surface area contributed by atoms with E-state index in [-0.39, 0.29) is 19.6 Å². The first-order valence-corrected chi connectivity index (χ1v) is 10.4. The SMILES string of the molecule is CCCC(=O)OCCOC(=O)NC(N)=N[C@@H]1C=C(C(=O)O)O[C@H](C(F)[C@H](O)CO)[C@@H]1NC(=O)OC. The number of hydrogen-bond donors (Lipinski definition) is 6. The van der Waals surface area contributed by atoms with E-state index in [4.69, 9.17) is 25.1 Å². The van der Waals surface area contributed by atoms with Gasteiger partial charge in [-0.1, -0.05) is 6.92 Å². The third kappa shape index (κ3) is 9.62. The second-order valence-electron chi connectivity index (χ2n) is 7.01. The number of esters is 1. The van der Waals surface area contributed by atoms with Crippen LogP contribution in [0.2, 0.25) is 0 Å². The third-order valence-corrected chi connectivity index (χ3v) is 4.41. The maximum Gasteiger partial charge on any atom is 0.414 e. The van der Waals surface area contributed by atoms with Gasteiger partial charge in [0.2, 0.25) is 5.76 Å². The molecule has 198 valence electrons. The molecule has 0 aromatic carbocycles. The first-order chi connectivity index (χ1) is 16.5. The molecule has 0 fully saturated rings. The number of ether oxygens (including phenoxy) is 4. The van der Waals surface area contributed by atoms with Gasteiger partial charge < -0.3 is 45.3 Å². The molecule has 16 heteroatoms. The van der Waals surface area contributed by atoms with Crippen LogP contribution in [0.4, 0.5) is 14.0 Å². The molecule has 0 aromatic rings. The number of hydrogen-bond acceptors (Lipinski definition) is 11. The molecule has 1 aliphatic rings. The highest BCUT2D eigenvalue weighted by atomic mass is 19.1. The maximum absolute atomic E-state index is 14.8. The number of carbonyl (C=O) groups is 4. The average Bonchev–Trinajstić information content (AvgIpc) is 2.81. The number of halogens is 1. The monoisotopic (exact) mass is 508 g/mol. The van der Waals surface area contributed by atoms with Gasteiger partial charge in [-0.15, -0.1) is 0 Å². The van der Waals surface area contributed by atoms with Crippen LogP contribution in [0.25, 0.3) is 0 Å². The summed E-state index contributed by atoms with van der Waals surface area (Å²) >= 11 is 0. The van der Waals surface area contributed by atoms with Gasteiger partial charge in [-0.2, -0.15) is 0 Å². The normalized spacial score (nSPS) is 21.5. The Morgan fingerprint density at radius 2 is 1.91 bits per heavy atom. The van der Waals surface area contributed by atoms with Crippen LogP contribution in [0.3, 0.4) is 0 Å². The molecule has 1 rings (SSSR count). The number of carboxylic acids is 1. The summed E-state index contributed by atoms with van der Waals surface area (Å²) in [5.74, 6) is -3.49. The number of nitrogens with two attached hydrogens (primary N) is 1. The highest BCUT2D eigenvalue weighted by Crippen LogP contribution is 2.26. The zero-order valence-electron chi connectivity index (χ0n) is 19.0. The van der Waals surface area contributed by atoms with Crippen LogP contribution in [0.5, 0.6) is 0 Å². The maximum atomic E-state index is 14.8. The summed E-state index contributed by atoms with van der Waals surface area (Å²) in [6.07, 6.45) is -6.71. The van der Waals surface area contributed by atoms with Gasteiger partial charge in [0.05, 0.1) is 25.8 Å². The number of aliphatic carboxylic acids is 1. The van der Waals surface area contributed by atoms with Crippen molar-refractivity contribution in [2.75, 3.05) is 26.9 Å². The summed E-state index contributed by atoms with van der Waals surface area (Å²) < 4.78 is 33.9. The van der Waals surface area contributed by atoms with Crippen LogP contribution in [0.15, 0.2) is 16.8 Å². The van der Waals surface area contributed by atoms with E-state index < -0.39 is 72.9 Å². The van der Waals surface area contributed by atoms with Crippen LogP contribution < -0.4 is 16.4 Å². The van der Waals surface area contributed by atoms with Crippen LogP contribution >= 0.6 is 0 Å². The fourth-order valence-electron chi connectivity index (χ4n) is 2.80. The molecule has 0 aliphatic carbocycles. The minimum absolute atomic E-state index is 0.203. The first kappa shape index (κ1) is 29.4. The van der Waals surface area contributed by atoms with E-state index in [1.165, 1.54) is 0 Å². The van der Waals surface area contributed by atoms with Crippen LogP contribution in [0.1, 0.15) is 19.8 Å². The number of guanidine groups is 1. The van der Waals surface area contributed by atoms with E-state index in [1.54, 1.807) is 6.92 Å². The Balaban J connectivity index is 3.02. The summed E-state index contributed by atoms with van der Waals surface area (Å²) in [5.41, 5.74) is 5.66. The molecule has 0 saturated carbocycles. The molecular weight excluding hydrogens is 479 g/mol. The number of carbonyl (C=O) groups excluding carboxylic acids is 3. The van der Waals surface area contributed by atoms with Gasteiger partial charge in [0.15, 0.2) is 18.2 Å². The van der Waals surface area contributed by atoms with Crippen molar-refractivity contribution >= 4 is 30.1 Å². The highest BCUT2D eigenvalue weighted by molar-refractivity contribution is 5.93. The zero-order valence-corrected chi connectivity index (χ0v) is 19.0. The van der Waals surface area contributed by atoms with Crippen molar-refractivity contribution in [3.8, 4) is 0 Å². The number of alkyl carbamates (subject to hydrolysis) is 2. The van der Waals surface area contributed by atoms with Gasteiger partial charge in [-0.3, -0.25) is 10.1 Å². The predicted octanol–water partition coefficient (Wildman–Crippen LogP) is -1.48. The summed E-state index contributed by atoms with van der Waals surface area (Å²) in [6.45, 7) is 0.254. The number of amides is 2. The van der Waals surface area contributed by atoms with E-state index in [0.29, 0.717) is 6.42 Å². The quantitative estimate of drug-likeness (QED) is 0.0617. The number of carboxylic acid groups (broad SMARTS) is 1. The molecule has 1 heterocycles. The number of methoxy groups -OCH3 is 1. The van der Waals surface area contributed by atoms with E-state index >= 15 is 0 Å². The van der Waals surface area contributed by atoms with E-state index in [2.05, 4.69) is 15.0 Å². The summed E-state index contributed by atoms with van der Waals surface area (Å²) in [6, 6.07) is -2.92. The molecule has 2 amide bonds. The van der Waals surface area contributed by atoms with Crippen LogP contribution in [-0.2, 0) is 28.5 Å². The van der Waals surface area contributed by atoms with Crippen molar-refractivity contribution in [1.82, 2.24) is 10.6 Å². The fourth-order valence-corrected chi connectivity index (χ4v) is 2.80. The lowest BCUT2D eigenvalue weighted by molar-refractivity contribution is -0.144. The third-order valence-electron chi connectivity index (χ3n) is 4.41. The van der Waals surface area contributed by atoms with Gasteiger partial charge in [0.25, 0.3) is 0 Å². The van der Waals surface area contributed by atoms with E-state index in [9.17, 15) is 33.8 Å². The molecule has 1 unspecified atom stereocenters. The number of aliphatic imine (C=N–C) groups is 1. The van der Waals surface area contributed by atoms with Gasteiger partial charge in [0, 0.05) is 6.42 Å². The molecule has 1 aliphatic heterocycles. The Kier molecular flexibility index (Phi) is 12.2. The molecule has 0 aromatic heterocycles. The number of aliphatic hydroxyl groups excluding tert-OH is 2. The Bertz CT molecular complexity index is 823. The lowest BCUT2D eigenvalue weighted by Gasteiger charge is -2.37. The second-order valence-corrected chi connectivity index (χ2v) is 7.01. The predicted molar refractivity (Wildman–Crippen MR) is 114 cm³/mol. The molecule has 15 nitrogen and oxygen atoms in total. The van der Waals surface area contributed by atoms with Crippen molar-refractivity contribution in [3.63, 3.8) is 0 Å². The minimum Gasteiger partial charge on any atom is -0.478 e. The molecule has 35 heavy (non-hydrogen) atoms. The van der Waals surface area contributed by atoms with Crippen molar-refractivity contribution in [3.05, 3.63) is 11.8 Å². The van der Waals surface area contributed by atoms with Crippen molar-refractivity contribution in [2.45, 2.75) is 50.2 Å². The largest absolute Gasteiger partial charge is 0.478 e. The Hall–Kier alpha value is -3.66. The molecular formula is C19H29FN4O11. The molecule has 0 radical (unpaired) electrons. The lowest BCUT2D eigenvalue weighted by Crippen LogP contribution is -2.59. The number of nitrogens with one attached hydrogen (secondary N) is 2. The average molecular weight is 508 g/mol. The van der Waals surface area contributed by atoms with Gasteiger partial charge in [-0.05, 0) is 12.5 Å². The zero-order chi connectivity index (χ0) is 26.5. The smallest absolute Gasteiger partial charge is 0.414 e. The van der Waals surface area contributed by atoms with Crippen molar-refractivity contribution in [2.24, 2.45) is 10.7 Å². The molecule has 7 N–H and O–H groups in total. The lowest BCUT2D eigenvalue weighted by atomic mass is 9.93. The summed E-state index contributed by atoms with van der Waals surface area (Å²) in [7, 11) is 1.01. The number of alkyl halides is 1. The Labute approximate surface area is 199 Å². The van der Waals surface area contributed by atoms with Crippen molar-refractivity contribution < 1.29 is 57.8 Å². The minimum atomic E-state index is -2.38. The standard InChI is InChI=1S/C19H29FN4O11/c1-3-4-12(27)33-5-6-34-19(31)24-17(21)22-9-7-11(16(28)29)35-15(13(20)10(26)8-25)14(9)23-18(30)32-2/h7,9-10,13-15,25-26H,3-6,8H2,1-2H3,(H,23,30)(H,28,29)(H3,21,22,24,31)/t9-,10-,13?,14-,15-/m1/s1.